The van der Waals surface area contributed by atoms with Crippen molar-refractivity contribution in [2.45, 2.75) is 60.6 Å². The van der Waals surface area contributed by atoms with E-state index in [2.05, 4.69) is 21.3 Å². The van der Waals surface area contributed by atoms with E-state index in [1.165, 1.54) is 19.1 Å². The van der Waals surface area contributed by atoms with Gasteiger partial charge in [-0.25, -0.2) is 4.79 Å². The number of anilines is 1. The van der Waals surface area contributed by atoms with E-state index in [9.17, 15) is 33.6 Å². The van der Waals surface area contributed by atoms with Gasteiger partial charge in [-0.3, -0.25) is 33.7 Å². The number of amides is 7. The van der Waals surface area contributed by atoms with Crippen LogP contribution in [-0.2, 0) is 59.1 Å². The van der Waals surface area contributed by atoms with Crippen molar-refractivity contribution in [3.8, 4) is 0 Å². The van der Waals surface area contributed by atoms with Crippen LogP contribution >= 0.6 is 0 Å². The normalized spacial score (nSPS) is 12.2. The molecule has 304 valence electrons. The maximum Gasteiger partial charge on any atom is 0.312 e. The molecule has 54 heavy (non-hydrogen) atoms. The average molecular weight is 767 g/mol. The lowest BCUT2D eigenvalue weighted by atomic mass is 10.0. The Bertz CT molecular complexity index is 1310. The summed E-state index contributed by atoms with van der Waals surface area (Å²) in [6.07, 6.45) is 3.38. The maximum atomic E-state index is 12.6. The second-order valence-corrected chi connectivity index (χ2v) is 11.4. The summed E-state index contributed by atoms with van der Waals surface area (Å²) in [7, 11) is 0. The smallest absolute Gasteiger partial charge is 0.312 e. The molecule has 1 aliphatic rings. The van der Waals surface area contributed by atoms with Gasteiger partial charge in [0.15, 0.2) is 0 Å². The molecule has 0 spiro atoms. The Morgan fingerprint density at radius 1 is 0.778 bits per heavy atom. The quantitative estimate of drug-likeness (QED) is 0.0563. The van der Waals surface area contributed by atoms with Gasteiger partial charge < -0.3 is 50.7 Å². The van der Waals surface area contributed by atoms with E-state index >= 15 is 0 Å². The molecule has 0 radical (unpaired) electrons. The third-order valence-corrected chi connectivity index (χ3v) is 6.63. The molecule has 18 heteroatoms. The number of nitrogens with zero attached hydrogens (tertiary/aromatic N) is 1. The zero-order chi connectivity index (χ0) is 40.7. The van der Waals surface area contributed by atoms with Gasteiger partial charge in [0.25, 0.3) is 11.8 Å². The van der Waals surface area contributed by atoms with Crippen LogP contribution in [0.3, 0.4) is 0 Å². The Hall–Kier alpha value is -4.91. The number of primary amides is 1. The van der Waals surface area contributed by atoms with Crippen molar-refractivity contribution in [2.24, 2.45) is 11.7 Å². The monoisotopic (exact) mass is 766 g/mol. The number of hydrogen-bond donors (Lipinski definition) is 5. The molecule has 1 unspecified atom stereocenters. The van der Waals surface area contributed by atoms with Crippen molar-refractivity contribution in [2.75, 3.05) is 77.8 Å². The van der Waals surface area contributed by atoms with Crippen molar-refractivity contribution in [3.05, 3.63) is 42.0 Å². The van der Waals surface area contributed by atoms with Crippen LogP contribution in [0.1, 0.15) is 53.5 Å². The number of nitrogens with two attached hydrogens (primary N) is 1. The minimum absolute atomic E-state index is 0.130. The minimum Gasteiger partial charge on any atom is -0.461 e. The fourth-order valence-corrected chi connectivity index (χ4v) is 3.98. The molecule has 0 bridgehead atoms. The number of benzene rings is 1. The molecule has 0 fully saturated rings. The van der Waals surface area contributed by atoms with Gasteiger partial charge in [0.2, 0.25) is 17.7 Å². The highest BCUT2D eigenvalue weighted by Crippen LogP contribution is 2.10. The van der Waals surface area contributed by atoms with Crippen LogP contribution in [-0.4, -0.2) is 125 Å². The molecule has 1 aromatic carbocycles. The summed E-state index contributed by atoms with van der Waals surface area (Å²) in [5, 5.41) is 10.2. The molecule has 1 atom stereocenters. The average Bonchev–Trinajstić information content (AvgIpc) is 3.46. The number of imide groups is 1. The van der Waals surface area contributed by atoms with Crippen LogP contribution in [0, 0.1) is 5.92 Å². The SMILES string of the molecule is CC.CC(=O)OCc1ccc(NC(=O)CNC(=O)C(NC(=O)COCCOCCOCCOCCN2C(=O)C=CC2=O)C(C)C)cc1.CCCNC(N)=O. The topological polar surface area (TPSA) is 243 Å². The highest BCUT2D eigenvalue weighted by molar-refractivity contribution is 6.12. The summed E-state index contributed by atoms with van der Waals surface area (Å²) >= 11 is 0. The van der Waals surface area contributed by atoms with Crippen LogP contribution in [0.5, 0.6) is 0 Å². The van der Waals surface area contributed by atoms with E-state index in [4.69, 9.17) is 29.4 Å². The number of hydrogen-bond acceptors (Lipinski definition) is 12. The highest BCUT2D eigenvalue weighted by Gasteiger charge is 2.25. The number of urea groups is 1. The molecule has 1 aromatic rings. The summed E-state index contributed by atoms with van der Waals surface area (Å²) in [5.74, 6) is -2.76. The Kier molecular flexibility index (Phi) is 27.8. The van der Waals surface area contributed by atoms with Gasteiger partial charge in [0.05, 0.1) is 59.3 Å². The molecule has 18 nitrogen and oxygen atoms in total. The fourth-order valence-electron chi connectivity index (χ4n) is 3.98. The van der Waals surface area contributed by atoms with Crippen LogP contribution < -0.4 is 27.0 Å². The second kappa shape index (κ2) is 30.5. The third-order valence-electron chi connectivity index (χ3n) is 6.63. The summed E-state index contributed by atoms with van der Waals surface area (Å²) < 4.78 is 26.3. The molecular formula is C36H58N6O12. The lowest BCUT2D eigenvalue weighted by molar-refractivity contribution is -0.142. The lowest BCUT2D eigenvalue weighted by Crippen LogP contribution is -2.51. The Morgan fingerprint density at radius 3 is 1.80 bits per heavy atom. The van der Waals surface area contributed by atoms with Crippen LogP contribution in [0.25, 0.3) is 0 Å². The van der Waals surface area contributed by atoms with Crippen molar-refractivity contribution in [3.63, 3.8) is 0 Å². The van der Waals surface area contributed by atoms with Gasteiger partial charge in [-0.1, -0.05) is 46.8 Å². The number of ether oxygens (including phenoxy) is 5. The Balaban J connectivity index is 0.00000279. The number of carbonyl (C=O) groups excluding carboxylic acids is 7. The van der Waals surface area contributed by atoms with Crippen LogP contribution in [0.2, 0.25) is 0 Å². The predicted molar refractivity (Wildman–Crippen MR) is 199 cm³/mol. The van der Waals surface area contributed by atoms with Gasteiger partial charge in [-0.15, -0.1) is 0 Å². The molecule has 0 aromatic heterocycles. The first-order valence-electron chi connectivity index (χ1n) is 17.8. The molecule has 0 saturated carbocycles. The lowest BCUT2D eigenvalue weighted by Gasteiger charge is -2.21. The van der Waals surface area contributed by atoms with Gasteiger partial charge >= 0.3 is 12.0 Å². The molecule has 1 aliphatic heterocycles. The van der Waals surface area contributed by atoms with Crippen molar-refractivity contribution in [1.29, 1.82) is 0 Å². The zero-order valence-electron chi connectivity index (χ0n) is 32.2. The fraction of sp³-hybridized carbons (Fsp3) is 0.583. The largest absolute Gasteiger partial charge is 0.461 e. The number of esters is 1. The van der Waals surface area contributed by atoms with Gasteiger partial charge in [0.1, 0.15) is 19.3 Å². The van der Waals surface area contributed by atoms with Crippen LogP contribution in [0.15, 0.2) is 36.4 Å². The molecule has 0 saturated heterocycles. The molecule has 2 rings (SSSR count). The summed E-state index contributed by atoms with van der Waals surface area (Å²) in [6.45, 7) is 13.1. The molecule has 6 N–H and O–H groups in total. The first-order chi connectivity index (χ1) is 25.8. The summed E-state index contributed by atoms with van der Waals surface area (Å²) in [5.41, 5.74) is 6.00. The molecule has 0 aliphatic carbocycles. The Morgan fingerprint density at radius 2 is 1.31 bits per heavy atom. The second-order valence-electron chi connectivity index (χ2n) is 11.4. The van der Waals surface area contributed by atoms with Gasteiger partial charge in [-0.05, 0) is 30.0 Å². The zero-order valence-corrected chi connectivity index (χ0v) is 32.2. The summed E-state index contributed by atoms with van der Waals surface area (Å²) in [6, 6.07) is 5.41. The highest BCUT2D eigenvalue weighted by atomic mass is 16.6. The van der Waals surface area contributed by atoms with Crippen LogP contribution in [0.4, 0.5) is 10.5 Å². The van der Waals surface area contributed by atoms with E-state index in [0.29, 0.717) is 38.7 Å². The number of carbonyl (C=O) groups is 7. The molecule has 1 heterocycles. The third kappa shape index (κ3) is 24.4. The molecular weight excluding hydrogens is 708 g/mol. The Labute approximate surface area is 317 Å². The van der Waals surface area contributed by atoms with Crippen molar-refractivity contribution >= 4 is 47.2 Å². The van der Waals surface area contributed by atoms with Gasteiger partial charge in [-0.2, -0.15) is 0 Å². The standard InChI is InChI=1S/C30H42N4O11.C4H10N2O.C2H6/c1-21(2)29(30(40)31-18-25(36)32-24-6-4-23(5-7-24)19-45-22(3)35)33-26(37)20-44-17-16-43-15-14-42-13-12-41-11-10-34-27(38)8-9-28(34)39;1-2-3-6-4(5)7;1-2/h4-9,21,29H,10-20H2,1-3H3,(H,31,40)(H,32,36)(H,33,37);2-3H2,1H3,(H3,5,6,7);1-2H3. The van der Waals surface area contributed by atoms with Crippen molar-refractivity contribution < 1.29 is 57.2 Å². The van der Waals surface area contributed by atoms with Crippen molar-refractivity contribution in [1.82, 2.24) is 20.9 Å². The number of rotatable bonds is 24. The first-order valence-corrected chi connectivity index (χ1v) is 17.8. The van der Waals surface area contributed by atoms with E-state index in [-0.39, 0.29) is 69.8 Å². The van der Waals surface area contributed by atoms with E-state index < -0.39 is 29.8 Å². The van der Waals surface area contributed by atoms with E-state index in [1.54, 1.807) is 38.1 Å². The minimum atomic E-state index is -0.867. The van der Waals surface area contributed by atoms with Gasteiger partial charge in [0, 0.05) is 31.3 Å². The first kappa shape index (κ1) is 49.1. The predicted octanol–water partition coefficient (Wildman–Crippen LogP) is 1.03. The number of nitrogens with one attached hydrogen (secondary N) is 4. The van der Waals surface area contributed by atoms with E-state index in [0.717, 1.165) is 16.9 Å². The van der Waals surface area contributed by atoms with E-state index in [1.807, 2.05) is 20.8 Å². The maximum absolute atomic E-state index is 12.6. The summed E-state index contributed by atoms with van der Waals surface area (Å²) in [4.78, 5) is 81.9. The molecule has 7 amide bonds.